The molecule has 0 spiro atoms. The Balaban J connectivity index is 0.994. The number of carbonyl (C=O) groups is 8. The fraction of sp³-hybridized carbons (Fsp3) is 0.519. The van der Waals surface area contributed by atoms with E-state index in [4.69, 9.17) is 0 Å². The minimum absolute atomic E-state index is 0.121. The van der Waals surface area contributed by atoms with Gasteiger partial charge < -0.3 is 52.3 Å². The average Bonchev–Trinajstić information content (AvgIpc) is 3.71. The van der Waals surface area contributed by atoms with Crippen LogP contribution in [0.25, 0.3) is 0 Å². The molecule has 4 aliphatic heterocycles. The van der Waals surface area contributed by atoms with Crippen molar-refractivity contribution in [3.05, 3.63) is 107 Å². The summed E-state index contributed by atoms with van der Waals surface area (Å²) in [6.07, 6.45) is 1.98. The quantitative estimate of drug-likeness (QED) is 0.0919. The molecule has 2 unspecified atom stereocenters. The highest BCUT2D eigenvalue weighted by Crippen LogP contribution is 2.48. The molecule has 0 radical (unpaired) electrons. The lowest BCUT2D eigenvalue weighted by atomic mass is 9.83. The highest BCUT2D eigenvalue weighted by molar-refractivity contribution is 8.00. The van der Waals surface area contributed by atoms with Crippen LogP contribution in [0, 0.1) is 10.8 Å². The first-order chi connectivity index (χ1) is 35.2. The van der Waals surface area contributed by atoms with Crippen LogP contribution in [0.3, 0.4) is 0 Å². The zero-order valence-corrected chi connectivity index (χ0v) is 45.1. The van der Waals surface area contributed by atoms with Gasteiger partial charge in [0.2, 0.25) is 47.3 Å². The van der Waals surface area contributed by atoms with Gasteiger partial charge in [-0.25, -0.2) is 0 Å². The number of nitrogens with zero attached hydrogens (tertiary/aromatic N) is 2. The van der Waals surface area contributed by atoms with Crippen molar-refractivity contribution in [2.45, 2.75) is 139 Å². The van der Waals surface area contributed by atoms with Gasteiger partial charge in [-0.05, 0) is 98.2 Å². The summed E-state index contributed by atoms with van der Waals surface area (Å²) in [6, 6.07) is 18.5. The van der Waals surface area contributed by atoms with E-state index in [-0.39, 0.29) is 47.5 Å². The standard InChI is InChI=1S/C54H72N10O8S2/c1-31(55-7)45(65)59-37-23-25-73-39-27-53(3,4)43(63(39)51(37)71)49(69)61-41(35-15-11-9-12-16-35)47(67)57-29-33-19-21-34(22-20-33)30-58-48(68)42(36-17-13-10-14-18-36)62-50(70)44-54(5,6)28-40-64(44)52(72)38(24-26-74-40)60-46(66)32(2)56-8/h9-22,31-32,37-44,55-56H,23-30H2,1-8H3,(H,57,67)(H,58,68)(H,59,65)(H,60,66)(H,61,69)(H,62,70)/t31-,32+,37-,38-,39?,40?,41-,42-,43+,44+/m0/s1. The maximum atomic E-state index is 14.5. The van der Waals surface area contributed by atoms with E-state index in [0.717, 1.165) is 11.1 Å². The zero-order valence-electron chi connectivity index (χ0n) is 43.5. The van der Waals surface area contributed by atoms with Gasteiger partial charge in [-0.15, -0.1) is 23.5 Å². The maximum absolute atomic E-state index is 14.5. The second kappa shape index (κ2) is 24.1. The number of hydrogen-bond acceptors (Lipinski definition) is 12. The van der Waals surface area contributed by atoms with Gasteiger partial charge in [-0.1, -0.05) is 113 Å². The van der Waals surface area contributed by atoms with E-state index >= 15 is 0 Å². The SMILES string of the molecule is CN[C@@H](C)C(=O)N[C@H]1CCSC2CC(C)(C)[C@@H](C(=O)N[C@H](C(=O)NCc3ccc(CNC(=O)[C@@H](NC(=O)[C@H]4N5C(=O)[C@@H](NC(=O)[C@@H](C)NC)CCSC5CC4(C)C)c4ccccc4)cc3)c3ccccc3)N2C1=O. The van der Waals surface area contributed by atoms with E-state index in [2.05, 4.69) is 42.5 Å². The Morgan fingerprint density at radius 2 is 0.905 bits per heavy atom. The molecule has 8 amide bonds. The summed E-state index contributed by atoms with van der Waals surface area (Å²) >= 11 is 3.19. The van der Waals surface area contributed by atoms with Crippen molar-refractivity contribution in [1.29, 1.82) is 0 Å². The molecule has 0 aromatic heterocycles. The molecule has 18 nitrogen and oxygen atoms in total. The van der Waals surface area contributed by atoms with Gasteiger partial charge in [0.15, 0.2) is 0 Å². The van der Waals surface area contributed by atoms with Gasteiger partial charge in [-0.2, -0.15) is 0 Å². The van der Waals surface area contributed by atoms with Crippen molar-refractivity contribution >= 4 is 70.8 Å². The Bertz CT molecular complexity index is 2360. The molecule has 0 aliphatic carbocycles. The van der Waals surface area contributed by atoms with Crippen LogP contribution in [0.4, 0.5) is 0 Å². The molecule has 74 heavy (non-hydrogen) atoms. The number of nitrogens with one attached hydrogen (secondary N) is 8. The van der Waals surface area contributed by atoms with E-state index in [1.807, 2.05) is 64.1 Å². The monoisotopic (exact) mass is 1050 g/mol. The Kier molecular flexibility index (Phi) is 18.2. The molecule has 4 fully saturated rings. The van der Waals surface area contributed by atoms with Gasteiger partial charge in [0.1, 0.15) is 36.3 Å². The third-order valence-electron chi connectivity index (χ3n) is 14.7. The van der Waals surface area contributed by atoms with Crippen molar-refractivity contribution in [3.63, 3.8) is 0 Å². The second-order valence-electron chi connectivity index (χ2n) is 21.0. The molecule has 4 aliphatic rings. The minimum atomic E-state index is -1.09. The fourth-order valence-corrected chi connectivity index (χ4v) is 13.4. The molecule has 0 saturated carbocycles. The molecule has 0 bridgehead atoms. The molecule has 3 aromatic carbocycles. The smallest absolute Gasteiger partial charge is 0.247 e. The Morgan fingerprint density at radius 1 is 0.554 bits per heavy atom. The van der Waals surface area contributed by atoms with E-state index in [1.54, 1.807) is 110 Å². The van der Waals surface area contributed by atoms with Crippen LogP contribution in [-0.2, 0) is 51.4 Å². The van der Waals surface area contributed by atoms with Crippen molar-refractivity contribution in [2.24, 2.45) is 10.8 Å². The largest absolute Gasteiger partial charge is 0.350 e. The van der Waals surface area contributed by atoms with E-state index in [9.17, 15) is 38.4 Å². The Hall–Kier alpha value is -5.96. The molecule has 3 aromatic rings. The molecule has 10 atom stereocenters. The molecule has 4 saturated heterocycles. The van der Waals surface area contributed by atoms with Gasteiger partial charge in [0.25, 0.3) is 0 Å². The third kappa shape index (κ3) is 12.7. The van der Waals surface area contributed by atoms with Crippen molar-refractivity contribution in [3.8, 4) is 0 Å². The fourth-order valence-electron chi connectivity index (χ4n) is 10.3. The van der Waals surface area contributed by atoms with Crippen molar-refractivity contribution in [1.82, 2.24) is 52.3 Å². The molecular weight excluding hydrogens is 981 g/mol. The Morgan fingerprint density at radius 3 is 1.24 bits per heavy atom. The number of rotatable bonds is 18. The third-order valence-corrected chi connectivity index (χ3v) is 17.2. The van der Waals surface area contributed by atoms with E-state index in [1.165, 1.54) is 0 Å². The van der Waals surface area contributed by atoms with Crippen LogP contribution in [-0.4, -0.2) is 130 Å². The average molecular weight is 1050 g/mol. The predicted octanol–water partition coefficient (Wildman–Crippen LogP) is 3.00. The summed E-state index contributed by atoms with van der Waals surface area (Å²) in [5, 5.41) is 22.9. The van der Waals surface area contributed by atoms with Gasteiger partial charge in [-0.3, -0.25) is 38.4 Å². The first kappa shape index (κ1) is 55.8. The summed E-state index contributed by atoms with van der Waals surface area (Å²) in [7, 11) is 3.34. The topological polar surface area (TPSA) is 239 Å². The van der Waals surface area contributed by atoms with Crippen LogP contribution in [0.2, 0.25) is 0 Å². The molecule has 398 valence electrons. The second-order valence-corrected chi connectivity index (χ2v) is 23.6. The maximum Gasteiger partial charge on any atom is 0.247 e. The number of benzene rings is 3. The summed E-state index contributed by atoms with van der Waals surface area (Å²) in [5.41, 5.74) is 1.35. The lowest BCUT2D eigenvalue weighted by molar-refractivity contribution is -0.144. The van der Waals surface area contributed by atoms with Crippen LogP contribution >= 0.6 is 23.5 Å². The molecule has 4 heterocycles. The normalized spacial score (nSPS) is 24.6. The number of likely N-dealkylation sites (N-methyl/N-ethyl adjacent to an activating group) is 2. The highest BCUT2D eigenvalue weighted by atomic mass is 32.2. The van der Waals surface area contributed by atoms with Gasteiger partial charge in [0.05, 0.1) is 22.8 Å². The summed E-state index contributed by atoms with van der Waals surface area (Å²) in [5.74, 6) is -1.84. The zero-order chi connectivity index (χ0) is 53.5. The van der Waals surface area contributed by atoms with Crippen molar-refractivity contribution < 1.29 is 38.4 Å². The highest BCUT2D eigenvalue weighted by Gasteiger charge is 2.56. The van der Waals surface area contributed by atoms with E-state index in [0.29, 0.717) is 48.3 Å². The molecular formula is C54H72N10O8S2. The first-order valence-electron chi connectivity index (χ1n) is 25.4. The van der Waals surface area contributed by atoms with Crippen LogP contribution in [0.1, 0.15) is 102 Å². The van der Waals surface area contributed by atoms with Crippen LogP contribution < -0.4 is 42.5 Å². The van der Waals surface area contributed by atoms with Gasteiger partial charge in [0, 0.05) is 13.1 Å². The number of hydrogen-bond donors (Lipinski definition) is 8. The number of amides is 8. The minimum Gasteiger partial charge on any atom is -0.350 e. The predicted molar refractivity (Wildman–Crippen MR) is 285 cm³/mol. The lowest BCUT2D eigenvalue weighted by Crippen LogP contribution is -2.58. The summed E-state index contributed by atoms with van der Waals surface area (Å²) in [4.78, 5) is 115. The van der Waals surface area contributed by atoms with Crippen molar-refractivity contribution in [2.75, 3.05) is 25.6 Å². The van der Waals surface area contributed by atoms with Crippen LogP contribution in [0.15, 0.2) is 84.9 Å². The van der Waals surface area contributed by atoms with Crippen LogP contribution in [0.5, 0.6) is 0 Å². The summed E-state index contributed by atoms with van der Waals surface area (Å²) in [6.45, 7) is 11.4. The molecule has 8 N–H and O–H groups in total. The van der Waals surface area contributed by atoms with Gasteiger partial charge >= 0.3 is 0 Å². The lowest BCUT2D eigenvalue weighted by Gasteiger charge is -2.35. The summed E-state index contributed by atoms with van der Waals surface area (Å²) < 4.78 is 0. The number of carbonyl (C=O) groups excluding carboxylic acids is 8. The number of fused-ring (bicyclic) bond motifs is 2. The van der Waals surface area contributed by atoms with E-state index < -0.39 is 82.8 Å². The Labute approximate surface area is 442 Å². The molecule has 20 heteroatoms. The number of thioether (sulfide) groups is 2. The molecule has 7 rings (SSSR count). The first-order valence-corrected chi connectivity index (χ1v) is 27.5.